The minimum atomic E-state index is 0.0448. The van der Waals surface area contributed by atoms with Gasteiger partial charge in [-0.15, -0.1) is 0 Å². The summed E-state index contributed by atoms with van der Waals surface area (Å²) >= 11 is 0. The van der Waals surface area contributed by atoms with E-state index in [2.05, 4.69) is 23.1 Å². The van der Waals surface area contributed by atoms with Crippen LogP contribution in [0.25, 0.3) is 16.8 Å². The van der Waals surface area contributed by atoms with Crippen LogP contribution in [0.2, 0.25) is 0 Å². The van der Waals surface area contributed by atoms with Crippen molar-refractivity contribution in [1.29, 1.82) is 0 Å². The van der Waals surface area contributed by atoms with Crippen LogP contribution in [-0.4, -0.2) is 38.7 Å². The lowest BCUT2D eigenvalue weighted by Gasteiger charge is -2.30. The molecule has 1 saturated heterocycles. The molecule has 1 fully saturated rings. The van der Waals surface area contributed by atoms with Crippen LogP contribution in [0, 0.1) is 13.8 Å². The summed E-state index contributed by atoms with van der Waals surface area (Å²) in [6.45, 7) is 5.39. The summed E-state index contributed by atoms with van der Waals surface area (Å²) in [5.74, 6) is 1.08. The number of likely N-dealkylation sites (tertiary alicyclic amines) is 1. The Morgan fingerprint density at radius 3 is 2.53 bits per heavy atom. The Morgan fingerprint density at radius 2 is 1.77 bits per heavy atom. The number of hydrogen-bond donors (Lipinski definition) is 0. The molecule has 3 heterocycles. The van der Waals surface area contributed by atoms with Crippen molar-refractivity contribution in [3.8, 4) is 5.69 Å². The Hall–Kier alpha value is -3.41. The molecule has 4 aromatic rings. The molecule has 0 saturated carbocycles. The van der Waals surface area contributed by atoms with Crippen molar-refractivity contribution in [2.45, 2.75) is 32.6 Å². The van der Waals surface area contributed by atoms with Crippen LogP contribution in [0.1, 0.15) is 46.3 Å². The average Bonchev–Trinajstić information content (AvgIpc) is 3.37. The number of carbonyl (C=O) groups is 1. The number of para-hydroxylation sites is 3. The van der Waals surface area contributed by atoms with E-state index in [0.29, 0.717) is 18.7 Å². The number of aromatic nitrogens is 3. The van der Waals surface area contributed by atoms with Crippen molar-refractivity contribution in [3.63, 3.8) is 0 Å². The van der Waals surface area contributed by atoms with Gasteiger partial charge in [0.25, 0.3) is 5.91 Å². The van der Waals surface area contributed by atoms with Crippen molar-refractivity contribution in [1.82, 2.24) is 19.7 Å². The molecule has 30 heavy (non-hydrogen) atoms. The van der Waals surface area contributed by atoms with E-state index in [4.69, 9.17) is 4.42 Å². The van der Waals surface area contributed by atoms with Gasteiger partial charge < -0.3 is 9.32 Å². The van der Waals surface area contributed by atoms with Gasteiger partial charge in [0.2, 0.25) is 0 Å². The van der Waals surface area contributed by atoms with E-state index in [1.807, 2.05) is 59.0 Å². The lowest BCUT2D eigenvalue weighted by molar-refractivity contribution is 0.0706. The average molecular weight is 400 g/mol. The third-order valence-electron chi connectivity index (χ3n) is 6.03. The quantitative estimate of drug-likeness (QED) is 0.502. The molecule has 1 aliphatic heterocycles. The fourth-order valence-corrected chi connectivity index (χ4v) is 4.23. The molecule has 152 valence electrons. The normalized spacial score (nSPS) is 15.1. The molecule has 5 rings (SSSR count). The number of nitrogens with zero attached hydrogens (tertiary/aromatic N) is 4. The number of fused-ring (bicyclic) bond motifs is 1. The van der Waals surface area contributed by atoms with Crippen LogP contribution >= 0.6 is 0 Å². The number of carbonyl (C=O) groups excluding carboxylic acids is 1. The molecule has 0 spiro atoms. The first kappa shape index (κ1) is 18.6. The lowest BCUT2D eigenvalue weighted by atomic mass is 9.96. The predicted molar refractivity (Wildman–Crippen MR) is 115 cm³/mol. The highest BCUT2D eigenvalue weighted by molar-refractivity contribution is 5.95. The van der Waals surface area contributed by atoms with Crippen molar-refractivity contribution >= 4 is 17.0 Å². The number of oxazole rings is 1. The van der Waals surface area contributed by atoms with Gasteiger partial charge in [0.05, 0.1) is 23.1 Å². The van der Waals surface area contributed by atoms with Crippen molar-refractivity contribution in [2.75, 3.05) is 13.1 Å². The Kier molecular flexibility index (Phi) is 4.62. The first-order valence-electron chi connectivity index (χ1n) is 10.4. The number of rotatable bonds is 3. The van der Waals surface area contributed by atoms with Crippen LogP contribution in [0.3, 0.4) is 0 Å². The summed E-state index contributed by atoms with van der Waals surface area (Å²) in [4.78, 5) is 19.7. The zero-order valence-corrected chi connectivity index (χ0v) is 17.2. The highest BCUT2D eigenvalue weighted by Gasteiger charge is 2.29. The Labute approximate surface area is 175 Å². The molecular weight excluding hydrogens is 376 g/mol. The summed E-state index contributed by atoms with van der Waals surface area (Å²) in [6, 6.07) is 15.9. The molecule has 2 aromatic carbocycles. The van der Waals surface area contributed by atoms with Crippen LogP contribution < -0.4 is 0 Å². The predicted octanol–water partition coefficient (Wildman–Crippen LogP) is 4.65. The maximum atomic E-state index is 13.2. The molecule has 0 unspecified atom stereocenters. The Morgan fingerprint density at radius 1 is 1.03 bits per heavy atom. The second-order valence-corrected chi connectivity index (χ2v) is 7.93. The summed E-state index contributed by atoms with van der Waals surface area (Å²) in [5, 5.41) is 4.49. The minimum absolute atomic E-state index is 0.0448. The number of piperidine rings is 1. The zero-order chi connectivity index (χ0) is 20.7. The maximum absolute atomic E-state index is 13.2. The molecule has 1 amide bonds. The summed E-state index contributed by atoms with van der Waals surface area (Å²) in [5.41, 5.74) is 5.38. The van der Waals surface area contributed by atoms with E-state index >= 15 is 0 Å². The molecule has 0 radical (unpaired) electrons. The first-order valence-corrected chi connectivity index (χ1v) is 10.4. The topological polar surface area (TPSA) is 64.2 Å². The number of hydrogen-bond acceptors (Lipinski definition) is 4. The lowest BCUT2D eigenvalue weighted by Crippen LogP contribution is -2.38. The van der Waals surface area contributed by atoms with Gasteiger partial charge in [-0.1, -0.05) is 30.3 Å². The smallest absolute Gasteiger partial charge is 0.257 e. The van der Waals surface area contributed by atoms with Gasteiger partial charge in [-0.2, -0.15) is 5.10 Å². The van der Waals surface area contributed by atoms with Gasteiger partial charge in [-0.05, 0) is 50.5 Å². The molecule has 6 nitrogen and oxygen atoms in total. The van der Waals surface area contributed by atoms with Gasteiger partial charge in [-0.3, -0.25) is 4.79 Å². The standard InChI is InChI=1S/C24H24N4O2/c1-16-7-3-5-9-21(16)28-17(2)19(15-25-28)24(29)27-13-11-18(12-14-27)23-26-20-8-4-6-10-22(20)30-23/h3-10,15,18H,11-14H2,1-2H3. The third kappa shape index (κ3) is 3.18. The molecular formula is C24H24N4O2. The van der Waals surface area contributed by atoms with E-state index in [-0.39, 0.29) is 11.8 Å². The largest absolute Gasteiger partial charge is 0.440 e. The molecule has 0 atom stereocenters. The van der Waals surface area contributed by atoms with E-state index in [1.165, 1.54) is 0 Å². The van der Waals surface area contributed by atoms with Crippen LogP contribution in [0.4, 0.5) is 0 Å². The monoisotopic (exact) mass is 400 g/mol. The molecule has 2 aromatic heterocycles. The van der Waals surface area contributed by atoms with Crippen LogP contribution in [0.5, 0.6) is 0 Å². The second kappa shape index (κ2) is 7.44. The highest BCUT2D eigenvalue weighted by atomic mass is 16.3. The van der Waals surface area contributed by atoms with E-state index in [9.17, 15) is 4.79 Å². The molecule has 0 bridgehead atoms. The fraction of sp³-hybridized carbons (Fsp3) is 0.292. The van der Waals surface area contributed by atoms with Crippen molar-refractivity contribution < 1.29 is 9.21 Å². The number of amides is 1. The van der Waals surface area contributed by atoms with Gasteiger partial charge in [-0.25, -0.2) is 9.67 Å². The van der Waals surface area contributed by atoms with Crippen LogP contribution in [0.15, 0.2) is 59.1 Å². The van der Waals surface area contributed by atoms with E-state index in [0.717, 1.165) is 46.8 Å². The first-order chi connectivity index (χ1) is 14.6. The maximum Gasteiger partial charge on any atom is 0.257 e. The van der Waals surface area contributed by atoms with Gasteiger partial charge >= 0.3 is 0 Å². The van der Waals surface area contributed by atoms with Gasteiger partial charge in [0.1, 0.15) is 5.52 Å². The number of aryl methyl sites for hydroxylation is 1. The molecule has 6 heteroatoms. The van der Waals surface area contributed by atoms with E-state index < -0.39 is 0 Å². The Bertz CT molecular complexity index is 1180. The fourth-order valence-electron chi connectivity index (χ4n) is 4.23. The second-order valence-electron chi connectivity index (χ2n) is 7.93. The summed E-state index contributed by atoms with van der Waals surface area (Å²) in [6.07, 6.45) is 3.39. The van der Waals surface area contributed by atoms with Gasteiger partial charge in [0, 0.05) is 19.0 Å². The van der Waals surface area contributed by atoms with Gasteiger partial charge in [0.15, 0.2) is 11.5 Å². The summed E-state index contributed by atoms with van der Waals surface area (Å²) < 4.78 is 7.80. The number of benzene rings is 2. The highest BCUT2D eigenvalue weighted by Crippen LogP contribution is 2.30. The van der Waals surface area contributed by atoms with Crippen LogP contribution in [-0.2, 0) is 0 Å². The zero-order valence-electron chi connectivity index (χ0n) is 17.2. The molecule has 0 N–H and O–H groups in total. The van der Waals surface area contributed by atoms with E-state index in [1.54, 1.807) is 6.20 Å². The molecule has 1 aliphatic rings. The molecule has 0 aliphatic carbocycles. The van der Waals surface area contributed by atoms with Crippen molar-refractivity contribution in [3.05, 3.63) is 77.4 Å². The minimum Gasteiger partial charge on any atom is -0.440 e. The summed E-state index contributed by atoms with van der Waals surface area (Å²) in [7, 11) is 0. The SMILES string of the molecule is Cc1ccccc1-n1ncc(C(=O)N2CCC(c3nc4ccccc4o3)CC2)c1C. The third-order valence-corrected chi connectivity index (χ3v) is 6.03. The Balaban J connectivity index is 1.31. The van der Waals surface area contributed by atoms with Crippen molar-refractivity contribution in [2.24, 2.45) is 0 Å².